The lowest BCUT2D eigenvalue weighted by Gasteiger charge is -2.07. The summed E-state index contributed by atoms with van der Waals surface area (Å²) >= 11 is 0. The molecule has 0 aliphatic rings. The third kappa shape index (κ3) is 3.70. The number of hydrogen-bond donors (Lipinski definition) is 1. The minimum atomic E-state index is -0.507. The Morgan fingerprint density at radius 1 is 1.13 bits per heavy atom. The number of nitro benzene ring substituents is 1. The van der Waals surface area contributed by atoms with Crippen LogP contribution in [0.25, 0.3) is 0 Å². The number of rotatable bonds is 4. The molecule has 7 nitrogen and oxygen atoms in total. The topological polar surface area (TPSA) is 98.5 Å². The number of carbonyl (C=O) groups is 2. The molecule has 0 atom stereocenters. The molecule has 0 fully saturated rings. The predicted octanol–water partition coefficient (Wildman–Crippen LogP) is 2.94. The minimum absolute atomic E-state index is 0.0470. The second kappa shape index (κ2) is 6.69. The fraction of sp³-hybridized carbons (Fsp3) is 0.125. The molecule has 23 heavy (non-hydrogen) atoms. The molecule has 0 saturated carbocycles. The van der Waals surface area contributed by atoms with E-state index < -0.39 is 16.8 Å². The van der Waals surface area contributed by atoms with E-state index in [1.807, 2.05) is 0 Å². The average Bonchev–Trinajstić information content (AvgIpc) is 2.53. The molecule has 0 unspecified atom stereocenters. The highest BCUT2D eigenvalue weighted by atomic mass is 16.6. The third-order valence-corrected chi connectivity index (χ3v) is 3.20. The molecule has 0 saturated heterocycles. The maximum Gasteiger partial charge on any atom is 0.337 e. The molecule has 2 aromatic rings. The van der Waals surface area contributed by atoms with Crippen molar-refractivity contribution in [2.24, 2.45) is 0 Å². The van der Waals surface area contributed by atoms with Crippen molar-refractivity contribution in [2.45, 2.75) is 6.92 Å². The zero-order valence-corrected chi connectivity index (χ0v) is 12.5. The summed E-state index contributed by atoms with van der Waals surface area (Å²) in [7, 11) is 1.27. The number of hydrogen-bond acceptors (Lipinski definition) is 5. The van der Waals surface area contributed by atoms with Crippen molar-refractivity contribution in [3.05, 3.63) is 69.3 Å². The lowest BCUT2D eigenvalue weighted by Crippen LogP contribution is -2.13. The lowest BCUT2D eigenvalue weighted by molar-refractivity contribution is -0.385. The van der Waals surface area contributed by atoms with Crippen LogP contribution in [0.2, 0.25) is 0 Å². The number of benzene rings is 2. The van der Waals surface area contributed by atoms with Gasteiger partial charge in [-0.3, -0.25) is 14.9 Å². The molecule has 2 rings (SSSR count). The summed E-state index contributed by atoms with van der Waals surface area (Å²) in [6, 6.07) is 10.4. The Balaban J connectivity index is 2.21. The molecule has 0 spiro atoms. The first kappa shape index (κ1) is 16.2. The zero-order chi connectivity index (χ0) is 17.0. The molecule has 0 aliphatic carbocycles. The second-order valence-corrected chi connectivity index (χ2v) is 4.78. The SMILES string of the molecule is COC(=O)c1cccc(NC(=O)c2ccc([N+](=O)[O-])c(C)c2)c1. The van der Waals surface area contributed by atoms with E-state index in [2.05, 4.69) is 10.1 Å². The standard InChI is InChI=1S/C16H14N2O5/c1-10-8-11(6-7-14(10)18(21)22)15(19)17-13-5-3-4-12(9-13)16(20)23-2/h3-9H,1-2H3,(H,17,19). The average molecular weight is 314 g/mol. The van der Waals surface area contributed by atoms with E-state index in [1.54, 1.807) is 25.1 Å². The van der Waals surface area contributed by atoms with Gasteiger partial charge in [0.25, 0.3) is 11.6 Å². The number of anilines is 1. The summed E-state index contributed by atoms with van der Waals surface area (Å²) in [5.74, 6) is -0.933. The minimum Gasteiger partial charge on any atom is -0.465 e. The van der Waals surface area contributed by atoms with E-state index in [-0.39, 0.29) is 11.3 Å². The normalized spacial score (nSPS) is 10.0. The first-order valence-corrected chi connectivity index (χ1v) is 6.67. The van der Waals surface area contributed by atoms with Gasteiger partial charge in [0.2, 0.25) is 0 Å². The Morgan fingerprint density at radius 2 is 1.87 bits per heavy atom. The number of nitrogens with zero attached hydrogens (tertiary/aromatic N) is 1. The van der Waals surface area contributed by atoms with Crippen LogP contribution in [0.1, 0.15) is 26.3 Å². The third-order valence-electron chi connectivity index (χ3n) is 3.20. The number of ether oxygens (including phenoxy) is 1. The van der Waals surface area contributed by atoms with E-state index in [4.69, 9.17) is 0 Å². The van der Waals surface area contributed by atoms with Crippen molar-refractivity contribution in [1.29, 1.82) is 0 Å². The molecule has 118 valence electrons. The fourth-order valence-electron chi connectivity index (χ4n) is 2.05. The van der Waals surface area contributed by atoms with Gasteiger partial charge in [0.1, 0.15) is 0 Å². The Morgan fingerprint density at radius 3 is 2.48 bits per heavy atom. The largest absolute Gasteiger partial charge is 0.465 e. The Kier molecular flexibility index (Phi) is 4.70. The molecule has 1 amide bonds. The van der Waals surface area contributed by atoms with Gasteiger partial charge in [-0.05, 0) is 37.3 Å². The summed E-state index contributed by atoms with van der Waals surface area (Å²) in [6.07, 6.45) is 0. The van der Waals surface area contributed by atoms with Crippen LogP contribution in [0.3, 0.4) is 0 Å². The molecule has 0 aromatic heterocycles. The lowest BCUT2D eigenvalue weighted by atomic mass is 10.1. The van der Waals surface area contributed by atoms with Crippen LogP contribution >= 0.6 is 0 Å². The van der Waals surface area contributed by atoms with Crippen molar-refractivity contribution in [3.8, 4) is 0 Å². The number of methoxy groups -OCH3 is 1. The number of nitro groups is 1. The van der Waals surface area contributed by atoms with Crippen molar-refractivity contribution in [3.63, 3.8) is 0 Å². The van der Waals surface area contributed by atoms with Crippen LogP contribution in [-0.2, 0) is 4.74 Å². The quantitative estimate of drug-likeness (QED) is 0.531. The number of amides is 1. The Labute approximate surface area is 132 Å². The van der Waals surface area contributed by atoms with Gasteiger partial charge in [-0.15, -0.1) is 0 Å². The van der Waals surface area contributed by atoms with Crippen LogP contribution < -0.4 is 5.32 Å². The Hall–Kier alpha value is -3.22. The van der Waals surface area contributed by atoms with E-state index in [1.165, 1.54) is 31.4 Å². The van der Waals surface area contributed by atoms with Gasteiger partial charge in [-0.2, -0.15) is 0 Å². The Bertz CT molecular complexity index is 786. The van der Waals surface area contributed by atoms with Crippen LogP contribution in [0.5, 0.6) is 0 Å². The number of nitrogens with one attached hydrogen (secondary N) is 1. The summed E-state index contributed by atoms with van der Waals surface area (Å²) in [4.78, 5) is 34.0. The van der Waals surface area contributed by atoms with Crippen molar-refractivity contribution >= 4 is 23.3 Å². The summed E-state index contributed by atoms with van der Waals surface area (Å²) in [6.45, 7) is 1.56. The van der Waals surface area contributed by atoms with Gasteiger partial charge in [0.15, 0.2) is 0 Å². The summed E-state index contributed by atoms with van der Waals surface area (Å²) in [5, 5.41) is 13.4. The molecule has 2 aromatic carbocycles. The maximum atomic E-state index is 12.2. The highest BCUT2D eigenvalue weighted by Crippen LogP contribution is 2.20. The fourth-order valence-corrected chi connectivity index (χ4v) is 2.05. The van der Waals surface area contributed by atoms with Gasteiger partial charge in [0, 0.05) is 22.9 Å². The van der Waals surface area contributed by atoms with E-state index >= 15 is 0 Å². The number of aryl methyl sites for hydroxylation is 1. The van der Waals surface area contributed by atoms with Crippen LogP contribution in [-0.4, -0.2) is 23.9 Å². The van der Waals surface area contributed by atoms with Gasteiger partial charge < -0.3 is 10.1 Å². The van der Waals surface area contributed by atoms with E-state index in [0.717, 1.165) is 0 Å². The van der Waals surface area contributed by atoms with Crippen LogP contribution in [0.4, 0.5) is 11.4 Å². The molecular formula is C16H14N2O5. The second-order valence-electron chi connectivity index (χ2n) is 4.78. The van der Waals surface area contributed by atoms with Gasteiger partial charge in [-0.25, -0.2) is 4.79 Å². The van der Waals surface area contributed by atoms with Crippen molar-refractivity contribution in [2.75, 3.05) is 12.4 Å². The number of esters is 1. The molecular weight excluding hydrogens is 300 g/mol. The van der Waals surface area contributed by atoms with Gasteiger partial charge in [-0.1, -0.05) is 6.07 Å². The monoisotopic (exact) mass is 314 g/mol. The summed E-state index contributed by atoms with van der Waals surface area (Å²) in [5.41, 5.74) is 1.37. The molecule has 0 heterocycles. The molecule has 7 heteroatoms. The molecule has 0 bridgehead atoms. The van der Waals surface area contributed by atoms with Crippen molar-refractivity contribution < 1.29 is 19.2 Å². The maximum absolute atomic E-state index is 12.2. The summed E-state index contributed by atoms with van der Waals surface area (Å²) < 4.78 is 4.62. The van der Waals surface area contributed by atoms with Gasteiger partial charge in [0.05, 0.1) is 17.6 Å². The first-order chi connectivity index (χ1) is 10.9. The molecule has 0 aliphatic heterocycles. The number of carbonyl (C=O) groups excluding carboxylic acids is 2. The first-order valence-electron chi connectivity index (χ1n) is 6.67. The molecule has 0 radical (unpaired) electrons. The van der Waals surface area contributed by atoms with E-state index in [0.29, 0.717) is 16.8 Å². The van der Waals surface area contributed by atoms with Crippen LogP contribution in [0, 0.1) is 17.0 Å². The molecule has 1 N–H and O–H groups in total. The van der Waals surface area contributed by atoms with Crippen LogP contribution in [0.15, 0.2) is 42.5 Å². The zero-order valence-electron chi connectivity index (χ0n) is 12.5. The highest BCUT2D eigenvalue weighted by Gasteiger charge is 2.14. The van der Waals surface area contributed by atoms with Crippen molar-refractivity contribution in [1.82, 2.24) is 0 Å². The predicted molar refractivity (Wildman–Crippen MR) is 83.6 cm³/mol. The van der Waals surface area contributed by atoms with E-state index in [9.17, 15) is 19.7 Å². The van der Waals surface area contributed by atoms with Gasteiger partial charge >= 0.3 is 5.97 Å². The highest BCUT2D eigenvalue weighted by molar-refractivity contribution is 6.05. The smallest absolute Gasteiger partial charge is 0.337 e.